The van der Waals surface area contributed by atoms with E-state index in [2.05, 4.69) is 0 Å². The van der Waals surface area contributed by atoms with Crippen LogP contribution >= 0.6 is 0 Å². The highest BCUT2D eigenvalue weighted by Crippen LogP contribution is 2.31. The average Bonchev–Trinajstić information content (AvgIpc) is 2.37. The Hall–Kier alpha value is -1.06. The summed E-state index contributed by atoms with van der Waals surface area (Å²) in [5.41, 5.74) is 1.18. The van der Waals surface area contributed by atoms with Crippen molar-refractivity contribution in [1.29, 1.82) is 0 Å². The van der Waals surface area contributed by atoms with Crippen LogP contribution < -0.4 is 4.74 Å². The fourth-order valence-electron chi connectivity index (χ4n) is 2.68. The smallest absolute Gasteiger partial charge is 0.125 e. The van der Waals surface area contributed by atoms with Gasteiger partial charge in [-0.1, -0.05) is 31.4 Å². The van der Waals surface area contributed by atoms with Gasteiger partial charge in [-0.25, -0.2) is 0 Å². The highest BCUT2D eigenvalue weighted by atomic mass is 16.5. The summed E-state index contributed by atoms with van der Waals surface area (Å²) in [5, 5.41) is 20.2. The van der Waals surface area contributed by atoms with Crippen LogP contribution in [-0.4, -0.2) is 22.4 Å². The van der Waals surface area contributed by atoms with Gasteiger partial charge in [0, 0.05) is 5.56 Å². The van der Waals surface area contributed by atoms with Crippen LogP contribution in [-0.2, 0) is 0 Å². The van der Waals surface area contributed by atoms with E-state index >= 15 is 0 Å². The number of rotatable bonds is 4. The van der Waals surface area contributed by atoms with Crippen molar-refractivity contribution >= 4 is 0 Å². The quantitative estimate of drug-likeness (QED) is 0.878. The van der Waals surface area contributed by atoms with Gasteiger partial charge < -0.3 is 14.9 Å². The zero-order valence-electron chi connectivity index (χ0n) is 11.9. The Morgan fingerprint density at radius 2 is 1.95 bits per heavy atom. The Morgan fingerprint density at radius 1 is 1.26 bits per heavy atom. The minimum Gasteiger partial charge on any atom is -0.490 e. The summed E-state index contributed by atoms with van der Waals surface area (Å²) in [4.78, 5) is 0. The Bertz CT molecular complexity index is 420. The third kappa shape index (κ3) is 3.71. The third-order valence-electron chi connectivity index (χ3n) is 3.90. The van der Waals surface area contributed by atoms with Gasteiger partial charge in [0.15, 0.2) is 0 Å². The fraction of sp³-hybridized carbons (Fsp3) is 0.625. The van der Waals surface area contributed by atoms with Crippen molar-refractivity contribution in [2.24, 2.45) is 0 Å². The van der Waals surface area contributed by atoms with Gasteiger partial charge in [-0.2, -0.15) is 0 Å². The minimum absolute atomic E-state index is 0.316. The van der Waals surface area contributed by atoms with Gasteiger partial charge in [-0.05, 0) is 38.3 Å². The van der Waals surface area contributed by atoms with E-state index in [9.17, 15) is 10.2 Å². The lowest BCUT2D eigenvalue weighted by Gasteiger charge is -2.32. The van der Waals surface area contributed by atoms with E-state index in [-0.39, 0.29) is 0 Å². The number of aliphatic hydroxyl groups excluding tert-OH is 1. The molecule has 0 radical (unpaired) electrons. The van der Waals surface area contributed by atoms with Gasteiger partial charge in [-0.15, -0.1) is 0 Å². The third-order valence-corrected chi connectivity index (χ3v) is 3.90. The summed E-state index contributed by atoms with van der Waals surface area (Å²) < 4.78 is 5.81. The molecule has 0 saturated heterocycles. The Labute approximate surface area is 115 Å². The van der Waals surface area contributed by atoms with Gasteiger partial charge in [0.05, 0.1) is 11.7 Å². The molecule has 2 N–H and O–H groups in total. The molecule has 1 aliphatic carbocycles. The molecule has 3 nitrogen and oxygen atoms in total. The van der Waals surface area contributed by atoms with E-state index < -0.39 is 11.7 Å². The summed E-state index contributed by atoms with van der Waals surface area (Å²) in [7, 11) is 0. The molecule has 1 atom stereocenters. The number of aliphatic hydroxyl groups is 2. The molecule has 1 fully saturated rings. The second-order valence-corrected chi connectivity index (χ2v) is 5.79. The maximum Gasteiger partial charge on any atom is 0.125 e. The van der Waals surface area contributed by atoms with E-state index in [0.717, 1.165) is 36.8 Å². The van der Waals surface area contributed by atoms with Gasteiger partial charge in [0.1, 0.15) is 12.4 Å². The molecule has 0 amide bonds. The maximum absolute atomic E-state index is 10.4. The average molecular weight is 264 g/mol. The zero-order valence-corrected chi connectivity index (χ0v) is 11.9. The molecule has 0 heterocycles. The predicted octanol–water partition coefficient (Wildman–Crippen LogP) is 3.12. The summed E-state index contributed by atoms with van der Waals surface area (Å²) >= 11 is 0. The molecule has 0 spiro atoms. The summed E-state index contributed by atoms with van der Waals surface area (Å²) in [5.74, 6) is 0.689. The van der Waals surface area contributed by atoms with E-state index in [1.807, 2.05) is 25.1 Å². The molecule has 0 unspecified atom stereocenters. The predicted molar refractivity (Wildman–Crippen MR) is 75.3 cm³/mol. The molecule has 0 aromatic heterocycles. The van der Waals surface area contributed by atoms with Gasteiger partial charge >= 0.3 is 0 Å². The van der Waals surface area contributed by atoms with E-state index in [0.29, 0.717) is 12.4 Å². The molecule has 3 heteroatoms. The summed E-state index contributed by atoms with van der Waals surface area (Å²) in [6.07, 6.45) is 4.39. The number of hydrogen-bond donors (Lipinski definition) is 2. The standard InChI is InChI=1S/C16H24O3/c1-12-6-7-14(13(2)17)15(10-12)19-11-16(18)8-4-3-5-9-16/h6-7,10,13,17-18H,3-5,8-9,11H2,1-2H3/t13-/m0/s1. The molecule has 1 saturated carbocycles. The fourth-order valence-corrected chi connectivity index (χ4v) is 2.68. The van der Waals surface area contributed by atoms with Crippen LogP contribution in [0.4, 0.5) is 0 Å². The van der Waals surface area contributed by atoms with Crippen LogP contribution in [0.3, 0.4) is 0 Å². The van der Waals surface area contributed by atoms with Crippen LogP contribution in [0.1, 0.15) is 56.3 Å². The first kappa shape index (κ1) is 14.4. The van der Waals surface area contributed by atoms with E-state index in [4.69, 9.17) is 4.74 Å². The lowest BCUT2D eigenvalue weighted by molar-refractivity contribution is -0.0345. The van der Waals surface area contributed by atoms with Gasteiger partial charge in [-0.3, -0.25) is 0 Å². The lowest BCUT2D eigenvalue weighted by Crippen LogP contribution is -2.38. The number of aryl methyl sites for hydroxylation is 1. The van der Waals surface area contributed by atoms with Crippen molar-refractivity contribution in [3.05, 3.63) is 29.3 Å². The Kier molecular flexibility index (Phi) is 4.48. The zero-order chi connectivity index (χ0) is 13.9. The molecule has 1 aromatic carbocycles. The summed E-state index contributed by atoms with van der Waals surface area (Å²) in [6.45, 7) is 4.04. The van der Waals surface area contributed by atoms with Crippen LogP contribution in [0.2, 0.25) is 0 Å². The first-order valence-electron chi connectivity index (χ1n) is 7.14. The highest BCUT2D eigenvalue weighted by Gasteiger charge is 2.30. The van der Waals surface area contributed by atoms with Crippen molar-refractivity contribution in [2.75, 3.05) is 6.61 Å². The first-order valence-corrected chi connectivity index (χ1v) is 7.14. The monoisotopic (exact) mass is 264 g/mol. The van der Waals surface area contributed by atoms with Crippen LogP contribution in [0.5, 0.6) is 5.75 Å². The van der Waals surface area contributed by atoms with E-state index in [1.165, 1.54) is 6.42 Å². The number of benzene rings is 1. The number of hydrogen-bond acceptors (Lipinski definition) is 3. The summed E-state index contributed by atoms with van der Waals surface area (Å²) in [6, 6.07) is 5.78. The topological polar surface area (TPSA) is 49.7 Å². The number of ether oxygens (including phenoxy) is 1. The molecule has 0 aliphatic heterocycles. The molecule has 1 aromatic rings. The molecule has 19 heavy (non-hydrogen) atoms. The van der Waals surface area contributed by atoms with Crippen molar-refractivity contribution in [3.63, 3.8) is 0 Å². The lowest BCUT2D eigenvalue weighted by atomic mass is 9.85. The van der Waals surface area contributed by atoms with Gasteiger partial charge in [0.2, 0.25) is 0 Å². The van der Waals surface area contributed by atoms with Gasteiger partial charge in [0.25, 0.3) is 0 Å². The van der Waals surface area contributed by atoms with Crippen molar-refractivity contribution in [2.45, 2.75) is 57.7 Å². The highest BCUT2D eigenvalue weighted by molar-refractivity contribution is 5.38. The molecule has 2 rings (SSSR count). The van der Waals surface area contributed by atoms with Crippen LogP contribution in [0.15, 0.2) is 18.2 Å². The van der Waals surface area contributed by atoms with Crippen molar-refractivity contribution in [1.82, 2.24) is 0 Å². The largest absolute Gasteiger partial charge is 0.490 e. The van der Waals surface area contributed by atoms with E-state index in [1.54, 1.807) is 6.92 Å². The first-order chi connectivity index (χ1) is 9.00. The second-order valence-electron chi connectivity index (χ2n) is 5.79. The van der Waals surface area contributed by atoms with Crippen LogP contribution in [0.25, 0.3) is 0 Å². The Morgan fingerprint density at radius 3 is 2.58 bits per heavy atom. The van der Waals surface area contributed by atoms with Crippen molar-refractivity contribution in [3.8, 4) is 5.75 Å². The molecule has 106 valence electrons. The van der Waals surface area contributed by atoms with Crippen molar-refractivity contribution < 1.29 is 14.9 Å². The molecular weight excluding hydrogens is 240 g/mol. The van der Waals surface area contributed by atoms with Crippen LogP contribution in [0, 0.1) is 6.92 Å². The second kappa shape index (κ2) is 5.93. The molecule has 1 aliphatic rings. The Balaban J connectivity index is 2.07. The SMILES string of the molecule is Cc1ccc([C@H](C)O)c(OCC2(O)CCCCC2)c1. The minimum atomic E-state index is -0.696. The normalized spacial score (nSPS) is 20.0. The molecular formula is C16H24O3. The molecule has 0 bridgehead atoms. The maximum atomic E-state index is 10.4.